The average Bonchev–Trinajstić information content (AvgIpc) is 2.83. The van der Waals surface area contributed by atoms with E-state index in [9.17, 15) is 40.7 Å². The maximum absolute atomic E-state index is 14.0. The first-order chi connectivity index (χ1) is 18.5. The van der Waals surface area contributed by atoms with E-state index in [0.29, 0.717) is 18.2 Å². The Hall–Kier alpha value is -5.13. The molecule has 0 atom stereocenters. The standard InChI is InChI=1S/C27H12F6O6/c28-13-1-4-19(22(31)7-13)25(34)37-16-10-17(38-26(35)20-5-2-14(29)8-23(20)32)12-18(11-16)39-27(36)21-6-3-15(30)9-24(21)33/h1-12H. The number of halogens is 6. The molecular weight excluding hydrogens is 534 g/mol. The van der Waals surface area contributed by atoms with Gasteiger partial charge < -0.3 is 14.2 Å². The van der Waals surface area contributed by atoms with Crippen LogP contribution in [0.1, 0.15) is 31.1 Å². The Balaban J connectivity index is 1.66. The van der Waals surface area contributed by atoms with Gasteiger partial charge in [-0.25, -0.2) is 40.7 Å². The van der Waals surface area contributed by atoms with E-state index in [1.165, 1.54) is 0 Å². The van der Waals surface area contributed by atoms with Gasteiger partial charge in [-0.3, -0.25) is 0 Å². The minimum Gasteiger partial charge on any atom is -0.423 e. The minimum absolute atomic E-state index is 0.427. The third-order valence-corrected chi connectivity index (χ3v) is 4.94. The van der Waals surface area contributed by atoms with Crippen molar-refractivity contribution in [1.82, 2.24) is 0 Å². The zero-order valence-corrected chi connectivity index (χ0v) is 19.1. The van der Waals surface area contributed by atoms with Gasteiger partial charge in [-0.15, -0.1) is 0 Å². The third-order valence-electron chi connectivity index (χ3n) is 4.94. The SMILES string of the molecule is O=C(Oc1cc(OC(=O)c2ccc(F)cc2F)cc(OC(=O)c2ccc(F)cc2F)c1)c1ccc(F)cc1F. The first kappa shape index (κ1) is 26.9. The summed E-state index contributed by atoms with van der Waals surface area (Å²) in [6.07, 6.45) is 0. The number of carbonyl (C=O) groups excluding carboxylic acids is 3. The number of carbonyl (C=O) groups is 3. The molecule has 0 saturated heterocycles. The van der Waals surface area contributed by atoms with Gasteiger partial charge in [-0.1, -0.05) is 0 Å². The molecule has 0 spiro atoms. The van der Waals surface area contributed by atoms with E-state index in [1.54, 1.807) is 0 Å². The van der Waals surface area contributed by atoms with E-state index in [1.807, 2.05) is 0 Å². The second kappa shape index (κ2) is 11.1. The van der Waals surface area contributed by atoms with Gasteiger partial charge in [0.2, 0.25) is 0 Å². The fourth-order valence-corrected chi connectivity index (χ4v) is 3.17. The highest BCUT2D eigenvalue weighted by atomic mass is 19.2. The largest absolute Gasteiger partial charge is 0.423 e. The fourth-order valence-electron chi connectivity index (χ4n) is 3.17. The van der Waals surface area contributed by atoms with Crippen LogP contribution in [0, 0.1) is 34.9 Å². The Labute approximate surface area is 215 Å². The zero-order chi connectivity index (χ0) is 28.3. The van der Waals surface area contributed by atoms with Gasteiger partial charge in [0, 0.05) is 36.4 Å². The Bertz CT molecular complexity index is 1420. The quantitative estimate of drug-likeness (QED) is 0.163. The van der Waals surface area contributed by atoms with E-state index in [2.05, 4.69) is 0 Å². The normalized spacial score (nSPS) is 10.6. The molecule has 0 unspecified atom stereocenters. The third kappa shape index (κ3) is 6.42. The monoisotopic (exact) mass is 546 g/mol. The number of hydrogen-bond acceptors (Lipinski definition) is 6. The van der Waals surface area contributed by atoms with Crippen molar-refractivity contribution in [2.75, 3.05) is 0 Å². The van der Waals surface area contributed by atoms with Crippen molar-refractivity contribution in [2.45, 2.75) is 0 Å². The Morgan fingerprint density at radius 1 is 0.410 bits per heavy atom. The van der Waals surface area contributed by atoms with E-state index in [0.717, 1.165) is 54.6 Å². The fraction of sp³-hybridized carbons (Fsp3) is 0. The topological polar surface area (TPSA) is 78.9 Å². The number of hydrogen-bond donors (Lipinski definition) is 0. The molecule has 4 rings (SSSR count). The van der Waals surface area contributed by atoms with Crippen LogP contribution in [-0.2, 0) is 0 Å². The van der Waals surface area contributed by atoms with Crippen molar-refractivity contribution in [1.29, 1.82) is 0 Å². The lowest BCUT2D eigenvalue weighted by atomic mass is 10.2. The van der Waals surface area contributed by atoms with Crippen molar-refractivity contribution in [2.24, 2.45) is 0 Å². The molecule has 0 N–H and O–H groups in total. The van der Waals surface area contributed by atoms with Crippen LogP contribution in [-0.4, -0.2) is 17.9 Å². The highest BCUT2D eigenvalue weighted by Crippen LogP contribution is 2.30. The summed E-state index contributed by atoms with van der Waals surface area (Å²) in [5.41, 5.74) is -2.04. The van der Waals surface area contributed by atoms with Crippen LogP contribution in [0.3, 0.4) is 0 Å². The molecular formula is C27H12F6O6. The van der Waals surface area contributed by atoms with Gasteiger partial charge in [-0.05, 0) is 36.4 Å². The van der Waals surface area contributed by atoms with Crippen LogP contribution in [0.2, 0.25) is 0 Å². The van der Waals surface area contributed by atoms with Gasteiger partial charge in [0.1, 0.15) is 52.2 Å². The molecule has 198 valence electrons. The molecule has 12 heteroatoms. The molecule has 4 aromatic rings. The Morgan fingerprint density at radius 2 is 0.667 bits per heavy atom. The summed E-state index contributed by atoms with van der Waals surface area (Å²) in [6.45, 7) is 0. The zero-order valence-electron chi connectivity index (χ0n) is 19.1. The van der Waals surface area contributed by atoms with Crippen LogP contribution in [0.15, 0.2) is 72.8 Å². The summed E-state index contributed by atoms with van der Waals surface area (Å²) in [5, 5.41) is 0. The van der Waals surface area contributed by atoms with Crippen LogP contribution >= 0.6 is 0 Å². The van der Waals surface area contributed by atoms with Crippen LogP contribution in [0.4, 0.5) is 26.3 Å². The smallest absolute Gasteiger partial charge is 0.346 e. The molecule has 39 heavy (non-hydrogen) atoms. The summed E-state index contributed by atoms with van der Waals surface area (Å²) in [4.78, 5) is 37.3. The Kier molecular flexibility index (Phi) is 7.65. The van der Waals surface area contributed by atoms with Crippen LogP contribution in [0.5, 0.6) is 17.2 Å². The lowest BCUT2D eigenvalue weighted by Gasteiger charge is -2.12. The number of benzene rings is 4. The molecule has 0 aromatic heterocycles. The second-order valence-corrected chi connectivity index (χ2v) is 7.68. The van der Waals surface area contributed by atoms with Crippen molar-refractivity contribution in [3.63, 3.8) is 0 Å². The number of esters is 3. The summed E-state index contributed by atoms with van der Waals surface area (Å²) in [7, 11) is 0. The molecule has 0 aliphatic carbocycles. The van der Waals surface area contributed by atoms with E-state index in [-0.39, 0.29) is 0 Å². The predicted molar refractivity (Wildman–Crippen MR) is 120 cm³/mol. The van der Waals surface area contributed by atoms with E-state index < -0.39 is 86.8 Å². The van der Waals surface area contributed by atoms with Crippen LogP contribution in [0.25, 0.3) is 0 Å². The van der Waals surface area contributed by atoms with Gasteiger partial charge >= 0.3 is 17.9 Å². The van der Waals surface area contributed by atoms with Crippen molar-refractivity contribution in [3.05, 3.63) is 124 Å². The number of rotatable bonds is 6. The molecule has 4 aromatic carbocycles. The molecule has 0 aliphatic heterocycles. The van der Waals surface area contributed by atoms with E-state index >= 15 is 0 Å². The highest BCUT2D eigenvalue weighted by molar-refractivity contribution is 5.93. The van der Waals surface area contributed by atoms with Gasteiger partial charge in [0.25, 0.3) is 0 Å². The molecule has 0 saturated carbocycles. The molecule has 0 heterocycles. The summed E-state index contributed by atoms with van der Waals surface area (Å²) in [5.74, 6) is -12.2. The van der Waals surface area contributed by atoms with Gasteiger partial charge in [0.15, 0.2) is 0 Å². The van der Waals surface area contributed by atoms with Gasteiger partial charge in [0.05, 0.1) is 16.7 Å². The lowest BCUT2D eigenvalue weighted by molar-refractivity contribution is 0.0726. The predicted octanol–water partition coefficient (Wildman–Crippen LogP) is 6.18. The highest BCUT2D eigenvalue weighted by Gasteiger charge is 2.21. The molecule has 0 amide bonds. The minimum atomic E-state index is -1.33. The maximum Gasteiger partial charge on any atom is 0.346 e. The van der Waals surface area contributed by atoms with Crippen molar-refractivity contribution in [3.8, 4) is 17.2 Å². The molecule has 0 fully saturated rings. The molecule has 6 nitrogen and oxygen atoms in total. The number of ether oxygens (including phenoxy) is 3. The summed E-state index contributed by atoms with van der Waals surface area (Å²) >= 11 is 0. The molecule has 0 aliphatic rings. The molecule has 0 bridgehead atoms. The Morgan fingerprint density at radius 3 is 0.897 bits per heavy atom. The summed E-state index contributed by atoms with van der Waals surface area (Å²) in [6, 6.07) is 8.74. The lowest BCUT2D eigenvalue weighted by Crippen LogP contribution is -2.14. The van der Waals surface area contributed by atoms with E-state index in [4.69, 9.17) is 14.2 Å². The van der Waals surface area contributed by atoms with Crippen molar-refractivity contribution >= 4 is 17.9 Å². The van der Waals surface area contributed by atoms with Crippen molar-refractivity contribution < 1.29 is 54.9 Å². The first-order valence-electron chi connectivity index (χ1n) is 10.7. The first-order valence-corrected chi connectivity index (χ1v) is 10.7. The molecule has 0 radical (unpaired) electrons. The van der Waals surface area contributed by atoms with Crippen LogP contribution < -0.4 is 14.2 Å². The average molecular weight is 546 g/mol. The second-order valence-electron chi connectivity index (χ2n) is 7.68. The van der Waals surface area contributed by atoms with Gasteiger partial charge in [-0.2, -0.15) is 0 Å². The summed E-state index contributed by atoms with van der Waals surface area (Å²) < 4.78 is 96.7. The maximum atomic E-state index is 14.0.